The van der Waals surface area contributed by atoms with Gasteiger partial charge in [0, 0.05) is 16.6 Å². The number of hydrogen-bond acceptors (Lipinski definition) is 3. The molecule has 0 aliphatic carbocycles. The van der Waals surface area contributed by atoms with Crippen LogP contribution in [0.25, 0.3) is 27.6 Å². The number of aromatic nitrogens is 2. The van der Waals surface area contributed by atoms with E-state index < -0.39 is 0 Å². The predicted octanol–water partition coefficient (Wildman–Crippen LogP) is 3.79. The zero-order valence-electron chi connectivity index (χ0n) is 10.8. The summed E-state index contributed by atoms with van der Waals surface area (Å²) in [6.45, 7) is 0. The molecule has 102 valence electrons. The van der Waals surface area contributed by atoms with E-state index in [4.69, 9.17) is 16.1 Å². The summed E-state index contributed by atoms with van der Waals surface area (Å²) in [6, 6.07) is 14.5. The molecular formula is C16H9ClN2O2. The van der Waals surface area contributed by atoms with Crippen molar-refractivity contribution in [3.63, 3.8) is 0 Å². The fraction of sp³-hybridized carbons (Fsp3) is 0. The zero-order valence-corrected chi connectivity index (χ0v) is 11.5. The Bertz CT molecular complexity index is 1020. The molecule has 0 amide bonds. The maximum atomic E-state index is 12.4. The van der Waals surface area contributed by atoms with Gasteiger partial charge >= 0.3 is 0 Å². The molecule has 4 rings (SSSR count). The number of benzene rings is 2. The minimum Gasteiger partial charge on any atom is -0.370 e. The predicted molar refractivity (Wildman–Crippen MR) is 82.1 cm³/mol. The van der Waals surface area contributed by atoms with Crippen molar-refractivity contribution < 1.29 is 4.52 Å². The molecule has 0 fully saturated rings. The van der Waals surface area contributed by atoms with Crippen LogP contribution in [0.15, 0.2) is 64.0 Å². The highest BCUT2D eigenvalue weighted by molar-refractivity contribution is 6.31. The topological polar surface area (TPSA) is 48.0 Å². The lowest BCUT2D eigenvalue weighted by Crippen LogP contribution is -2.11. The van der Waals surface area contributed by atoms with Crippen LogP contribution >= 0.6 is 11.6 Å². The van der Waals surface area contributed by atoms with Crippen molar-refractivity contribution in [2.24, 2.45) is 0 Å². The van der Waals surface area contributed by atoms with Crippen molar-refractivity contribution in [2.75, 3.05) is 0 Å². The van der Waals surface area contributed by atoms with Crippen LogP contribution in [0.3, 0.4) is 0 Å². The van der Waals surface area contributed by atoms with E-state index in [0.717, 1.165) is 5.39 Å². The lowest BCUT2D eigenvalue weighted by Gasteiger charge is -1.98. The van der Waals surface area contributed by atoms with Crippen molar-refractivity contribution in [2.45, 2.75) is 0 Å². The average Bonchev–Trinajstić information content (AvgIpc) is 2.85. The first-order valence-electron chi connectivity index (χ1n) is 6.40. The fourth-order valence-electron chi connectivity index (χ4n) is 2.37. The Kier molecular flexibility index (Phi) is 2.59. The minimum atomic E-state index is -0.222. The first-order valence-corrected chi connectivity index (χ1v) is 6.77. The van der Waals surface area contributed by atoms with Crippen molar-refractivity contribution in [3.8, 4) is 5.69 Å². The van der Waals surface area contributed by atoms with Gasteiger partial charge in [-0.05, 0) is 30.3 Å². The van der Waals surface area contributed by atoms with Gasteiger partial charge in [-0.3, -0.25) is 9.78 Å². The van der Waals surface area contributed by atoms with Gasteiger partial charge in [0.25, 0.3) is 5.56 Å². The van der Waals surface area contributed by atoms with Gasteiger partial charge in [-0.2, -0.15) is 0 Å². The summed E-state index contributed by atoms with van der Waals surface area (Å²) >= 11 is 5.96. The Labute approximate surface area is 124 Å². The molecule has 4 nitrogen and oxygen atoms in total. The molecule has 0 saturated heterocycles. The average molecular weight is 297 g/mol. The fourth-order valence-corrected chi connectivity index (χ4v) is 2.53. The Morgan fingerprint density at radius 1 is 1.05 bits per heavy atom. The quantitative estimate of drug-likeness (QED) is 0.537. The summed E-state index contributed by atoms with van der Waals surface area (Å²) in [6.07, 6.45) is 1.53. The maximum Gasteiger partial charge on any atom is 0.296 e. The summed E-state index contributed by atoms with van der Waals surface area (Å²) in [5.74, 6) is 0. The monoisotopic (exact) mass is 296 g/mol. The SMILES string of the molecule is O=c1c2cnc3cc(Cl)ccc3c2on1-c1ccccc1. The second kappa shape index (κ2) is 4.46. The van der Waals surface area contributed by atoms with E-state index in [1.807, 2.05) is 36.4 Å². The van der Waals surface area contributed by atoms with E-state index in [2.05, 4.69) is 4.98 Å². The van der Waals surface area contributed by atoms with Crippen LogP contribution in [0.1, 0.15) is 0 Å². The second-order valence-electron chi connectivity index (χ2n) is 4.69. The highest BCUT2D eigenvalue weighted by Gasteiger charge is 2.14. The zero-order chi connectivity index (χ0) is 14.4. The molecule has 2 heterocycles. The molecule has 0 aliphatic rings. The lowest BCUT2D eigenvalue weighted by molar-refractivity contribution is 0.370. The highest BCUT2D eigenvalue weighted by Crippen LogP contribution is 2.25. The minimum absolute atomic E-state index is 0.222. The lowest BCUT2D eigenvalue weighted by atomic mass is 10.2. The molecule has 0 bridgehead atoms. The summed E-state index contributed by atoms with van der Waals surface area (Å²) in [5.41, 5.74) is 1.68. The second-order valence-corrected chi connectivity index (χ2v) is 5.13. The molecule has 0 spiro atoms. The molecule has 0 aliphatic heterocycles. The largest absolute Gasteiger partial charge is 0.370 e. The van der Waals surface area contributed by atoms with Crippen LogP contribution in [0.4, 0.5) is 0 Å². The molecule has 0 saturated carbocycles. The van der Waals surface area contributed by atoms with Crippen LogP contribution < -0.4 is 5.56 Å². The van der Waals surface area contributed by atoms with E-state index in [1.165, 1.54) is 10.9 Å². The number of nitrogens with zero attached hydrogens (tertiary/aromatic N) is 2. The molecule has 0 N–H and O–H groups in total. The number of pyridine rings is 1. The third kappa shape index (κ3) is 1.84. The van der Waals surface area contributed by atoms with E-state index >= 15 is 0 Å². The first kappa shape index (κ1) is 12.2. The summed E-state index contributed by atoms with van der Waals surface area (Å²) < 4.78 is 7.04. The Hall–Kier alpha value is -2.59. The molecule has 5 heteroatoms. The number of para-hydroxylation sites is 1. The summed E-state index contributed by atoms with van der Waals surface area (Å²) in [7, 11) is 0. The van der Waals surface area contributed by atoms with Crippen molar-refractivity contribution in [1.82, 2.24) is 9.72 Å². The number of halogens is 1. The molecule has 0 radical (unpaired) electrons. The van der Waals surface area contributed by atoms with Gasteiger partial charge in [0.2, 0.25) is 0 Å². The Balaban J connectivity index is 2.11. The third-order valence-corrected chi connectivity index (χ3v) is 3.61. The van der Waals surface area contributed by atoms with Crippen LogP contribution in [0.5, 0.6) is 0 Å². The van der Waals surface area contributed by atoms with Gasteiger partial charge in [0.15, 0.2) is 5.58 Å². The molecule has 2 aromatic heterocycles. The molecular weight excluding hydrogens is 288 g/mol. The molecule has 0 atom stereocenters. The maximum absolute atomic E-state index is 12.4. The van der Waals surface area contributed by atoms with Gasteiger partial charge in [0.1, 0.15) is 5.39 Å². The van der Waals surface area contributed by atoms with E-state index in [9.17, 15) is 4.79 Å². The molecule has 4 aromatic rings. The number of hydrogen-bond donors (Lipinski definition) is 0. The van der Waals surface area contributed by atoms with E-state index in [-0.39, 0.29) is 5.56 Å². The van der Waals surface area contributed by atoms with Gasteiger partial charge in [0.05, 0.1) is 11.2 Å². The number of rotatable bonds is 1. The van der Waals surface area contributed by atoms with Crippen molar-refractivity contribution >= 4 is 33.5 Å². The van der Waals surface area contributed by atoms with Crippen molar-refractivity contribution in [3.05, 3.63) is 70.1 Å². The van der Waals surface area contributed by atoms with Crippen molar-refractivity contribution in [1.29, 1.82) is 0 Å². The third-order valence-electron chi connectivity index (χ3n) is 3.37. The highest BCUT2D eigenvalue weighted by atomic mass is 35.5. The normalized spacial score (nSPS) is 11.3. The Morgan fingerprint density at radius 2 is 1.86 bits per heavy atom. The molecule has 21 heavy (non-hydrogen) atoms. The summed E-state index contributed by atoms with van der Waals surface area (Å²) in [4.78, 5) is 16.7. The molecule has 2 aromatic carbocycles. The Morgan fingerprint density at radius 3 is 2.67 bits per heavy atom. The van der Waals surface area contributed by atoms with Gasteiger partial charge in [-0.1, -0.05) is 29.8 Å². The van der Waals surface area contributed by atoms with Gasteiger partial charge < -0.3 is 4.52 Å². The van der Waals surface area contributed by atoms with Crippen LogP contribution in [-0.4, -0.2) is 9.72 Å². The van der Waals surface area contributed by atoms with E-state index in [0.29, 0.717) is 27.2 Å². The number of fused-ring (bicyclic) bond motifs is 3. The standard InChI is InChI=1S/C16H9ClN2O2/c17-10-6-7-12-14(8-10)18-9-13-15(12)21-19(16(13)20)11-4-2-1-3-5-11/h1-9H. The van der Waals surface area contributed by atoms with Gasteiger partial charge in [-0.25, -0.2) is 0 Å². The van der Waals surface area contributed by atoms with E-state index in [1.54, 1.807) is 12.1 Å². The smallest absolute Gasteiger partial charge is 0.296 e. The van der Waals surface area contributed by atoms with Gasteiger partial charge in [-0.15, -0.1) is 4.74 Å². The first-order chi connectivity index (χ1) is 10.2. The van der Waals surface area contributed by atoms with Crippen LogP contribution in [-0.2, 0) is 0 Å². The van der Waals surface area contributed by atoms with Crippen LogP contribution in [0.2, 0.25) is 5.02 Å². The van der Waals surface area contributed by atoms with Crippen LogP contribution in [0, 0.1) is 0 Å². The summed E-state index contributed by atoms with van der Waals surface area (Å²) in [5, 5.41) is 1.82. The molecule has 0 unspecified atom stereocenters.